The molecule has 3 heterocycles. The zero-order valence-electron chi connectivity index (χ0n) is 22.3. The van der Waals surface area contributed by atoms with Gasteiger partial charge in [-0.15, -0.1) is 5.10 Å². The maximum Gasteiger partial charge on any atom is 0.310 e. The number of aromatic nitrogens is 4. The molecular formula is C29H36N6O3. The van der Waals surface area contributed by atoms with Crippen LogP contribution in [0.4, 0.5) is 0 Å². The zero-order valence-corrected chi connectivity index (χ0v) is 22.3. The normalized spacial score (nSPS) is 22.0. The minimum Gasteiger partial charge on any atom is -0.481 e. The second-order valence-electron chi connectivity index (χ2n) is 11.0. The molecular weight excluding hydrogens is 480 g/mol. The molecule has 2 fully saturated rings. The molecule has 0 bridgehead atoms. The lowest BCUT2D eigenvalue weighted by Crippen LogP contribution is -2.59. The number of fused-ring (bicyclic) bond motifs is 1. The highest BCUT2D eigenvalue weighted by Crippen LogP contribution is 2.43. The molecule has 9 heteroatoms. The number of H-pyrrole nitrogens is 1. The van der Waals surface area contributed by atoms with Crippen LogP contribution >= 0.6 is 0 Å². The average Bonchev–Trinajstić information content (AvgIpc) is 3.55. The summed E-state index contributed by atoms with van der Waals surface area (Å²) in [6, 6.07) is 16.2. The Morgan fingerprint density at radius 3 is 2.53 bits per heavy atom. The fourth-order valence-electron chi connectivity index (χ4n) is 6.12. The molecule has 9 nitrogen and oxygen atoms in total. The number of nitrogens with one attached hydrogen (secondary N) is 1. The molecule has 3 aromatic rings. The van der Waals surface area contributed by atoms with Crippen molar-refractivity contribution >= 4 is 11.9 Å². The molecule has 0 radical (unpaired) electrons. The molecule has 3 unspecified atom stereocenters. The third-order valence-electron chi connectivity index (χ3n) is 8.31. The van der Waals surface area contributed by atoms with Gasteiger partial charge in [0.25, 0.3) is 0 Å². The summed E-state index contributed by atoms with van der Waals surface area (Å²) >= 11 is 0. The van der Waals surface area contributed by atoms with E-state index < -0.39 is 11.4 Å². The van der Waals surface area contributed by atoms with Crippen LogP contribution < -0.4 is 0 Å². The number of carbonyl (C=O) groups excluding carboxylic acids is 1. The van der Waals surface area contributed by atoms with E-state index >= 15 is 0 Å². The monoisotopic (exact) mass is 516 g/mol. The Kier molecular flexibility index (Phi) is 7.29. The van der Waals surface area contributed by atoms with Crippen LogP contribution in [0.15, 0.2) is 48.5 Å². The highest BCUT2D eigenvalue weighted by Gasteiger charge is 2.54. The Hall–Kier alpha value is -3.59. The van der Waals surface area contributed by atoms with Crippen molar-refractivity contribution in [2.45, 2.75) is 71.4 Å². The topological polar surface area (TPSA) is 115 Å². The number of hydrogen-bond donors (Lipinski definition) is 2. The summed E-state index contributed by atoms with van der Waals surface area (Å²) < 4.78 is 0. The summed E-state index contributed by atoms with van der Waals surface area (Å²) in [7, 11) is 0. The fraction of sp³-hybridized carbons (Fsp3) is 0.483. The van der Waals surface area contributed by atoms with E-state index in [1.165, 1.54) is 0 Å². The first-order chi connectivity index (χ1) is 18.3. The van der Waals surface area contributed by atoms with Gasteiger partial charge in [0, 0.05) is 24.2 Å². The van der Waals surface area contributed by atoms with E-state index in [0.29, 0.717) is 18.8 Å². The van der Waals surface area contributed by atoms with Crippen molar-refractivity contribution in [3.63, 3.8) is 0 Å². The number of tetrazole rings is 1. The van der Waals surface area contributed by atoms with Gasteiger partial charge in [0.1, 0.15) is 0 Å². The van der Waals surface area contributed by atoms with Crippen LogP contribution in [0.3, 0.4) is 0 Å². The summed E-state index contributed by atoms with van der Waals surface area (Å²) in [4.78, 5) is 25.9. The summed E-state index contributed by atoms with van der Waals surface area (Å²) in [6.45, 7) is 6.41. The van der Waals surface area contributed by atoms with Gasteiger partial charge >= 0.3 is 5.97 Å². The van der Waals surface area contributed by atoms with Crippen LogP contribution in [0.1, 0.15) is 58.4 Å². The molecule has 2 N–H and O–H groups in total. The Labute approximate surface area is 223 Å². The molecule has 3 atom stereocenters. The van der Waals surface area contributed by atoms with Crippen molar-refractivity contribution in [1.29, 1.82) is 0 Å². The van der Waals surface area contributed by atoms with E-state index in [-0.39, 0.29) is 23.9 Å². The van der Waals surface area contributed by atoms with E-state index in [1.54, 1.807) is 13.8 Å². The predicted molar refractivity (Wildman–Crippen MR) is 144 cm³/mol. The largest absolute Gasteiger partial charge is 0.481 e. The minimum atomic E-state index is -0.938. The zero-order chi connectivity index (χ0) is 26.9. The lowest BCUT2D eigenvalue weighted by molar-refractivity contribution is -0.171. The maximum atomic E-state index is 13.7. The second-order valence-corrected chi connectivity index (χ2v) is 11.0. The highest BCUT2D eigenvalue weighted by molar-refractivity contribution is 5.83. The van der Waals surface area contributed by atoms with Crippen molar-refractivity contribution in [3.8, 4) is 22.5 Å². The first kappa shape index (κ1) is 26.0. The van der Waals surface area contributed by atoms with Crippen molar-refractivity contribution in [1.82, 2.24) is 30.6 Å². The third kappa shape index (κ3) is 4.71. The van der Waals surface area contributed by atoms with E-state index in [0.717, 1.165) is 54.4 Å². The van der Waals surface area contributed by atoms with Crippen molar-refractivity contribution in [2.75, 3.05) is 6.54 Å². The number of hydrogen-bond acceptors (Lipinski definition) is 6. The summed E-state index contributed by atoms with van der Waals surface area (Å²) in [5.74, 6) is -0.259. The number of unbranched alkanes of at least 4 members (excludes halogenated alkanes) is 1. The van der Waals surface area contributed by atoms with E-state index in [2.05, 4.69) is 56.8 Å². The van der Waals surface area contributed by atoms with Crippen molar-refractivity contribution in [2.24, 2.45) is 11.3 Å². The molecule has 200 valence electrons. The Morgan fingerprint density at radius 2 is 1.87 bits per heavy atom. The summed E-state index contributed by atoms with van der Waals surface area (Å²) in [6.07, 6.45) is 5.16. The van der Waals surface area contributed by atoms with Gasteiger partial charge in [-0.2, -0.15) is 0 Å². The van der Waals surface area contributed by atoms with Gasteiger partial charge in [0.15, 0.2) is 5.82 Å². The number of carboxylic acid groups (broad SMARTS) is 1. The number of carboxylic acids is 1. The first-order valence-electron chi connectivity index (χ1n) is 13.6. The number of benzene rings is 2. The van der Waals surface area contributed by atoms with Gasteiger partial charge in [-0.3, -0.25) is 14.6 Å². The Balaban J connectivity index is 1.42. The molecule has 2 aliphatic heterocycles. The van der Waals surface area contributed by atoms with Crippen LogP contribution in [-0.2, 0) is 16.0 Å². The number of aliphatic carboxylic acids is 1. The number of carbonyl (C=O) groups is 2. The Bertz CT molecular complexity index is 1270. The number of rotatable bonds is 9. The second kappa shape index (κ2) is 10.6. The molecule has 0 saturated carbocycles. The van der Waals surface area contributed by atoms with Gasteiger partial charge in [0.2, 0.25) is 5.91 Å². The lowest BCUT2D eigenvalue weighted by atomic mass is 9.79. The standard InChI is InChI=1S/C29H36N6O3/c1-4-5-11-24-23(27(36)34-17-8-12-25(35(24)34)29(2,3)28(37)38)18-19-13-15-20(16-14-19)21-9-6-7-10-22(21)26-30-32-33-31-26/h6-7,9-10,13-16,23-25H,4-5,8,11-12,17-18H2,1-3H3,(H,37,38)(H,30,31,32,33). The molecule has 2 saturated heterocycles. The van der Waals surface area contributed by atoms with Crippen LogP contribution in [0.25, 0.3) is 22.5 Å². The molecule has 2 aliphatic rings. The molecule has 1 aromatic heterocycles. The van der Waals surface area contributed by atoms with Crippen molar-refractivity contribution < 1.29 is 14.7 Å². The van der Waals surface area contributed by atoms with Crippen LogP contribution in [0.2, 0.25) is 0 Å². The van der Waals surface area contributed by atoms with Gasteiger partial charge in [-0.25, -0.2) is 10.1 Å². The van der Waals surface area contributed by atoms with E-state index in [4.69, 9.17) is 0 Å². The van der Waals surface area contributed by atoms with Gasteiger partial charge < -0.3 is 5.11 Å². The summed E-state index contributed by atoms with van der Waals surface area (Å²) in [5.41, 5.74) is 3.16. The molecule has 0 spiro atoms. The fourth-order valence-corrected chi connectivity index (χ4v) is 6.12. The predicted octanol–water partition coefficient (Wildman–Crippen LogP) is 4.58. The molecule has 0 aliphatic carbocycles. The third-order valence-corrected chi connectivity index (χ3v) is 8.31. The van der Waals surface area contributed by atoms with E-state index in [9.17, 15) is 14.7 Å². The molecule has 1 amide bonds. The number of amides is 1. The van der Waals surface area contributed by atoms with Crippen LogP contribution in [0.5, 0.6) is 0 Å². The number of hydrazine groups is 1. The minimum absolute atomic E-state index is 0.00531. The van der Waals surface area contributed by atoms with Gasteiger partial charge in [-0.1, -0.05) is 68.3 Å². The molecule has 5 rings (SSSR count). The average molecular weight is 517 g/mol. The first-order valence-corrected chi connectivity index (χ1v) is 13.6. The van der Waals surface area contributed by atoms with Crippen LogP contribution in [-0.4, -0.2) is 66.3 Å². The van der Waals surface area contributed by atoms with Gasteiger partial charge in [0.05, 0.1) is 11.3 Å². The van der Waals surface area contributed by atoms with E-state index in [1.807, 2.05) is 29.3 Å². The SMILES string of the molecule is CCCCC1C(Cc2ccc(-c3ccccc3-c3nnn[nH]3)cc2)C(=O)N2CCCC(C(C)(C)C(=O)O)N12. The Morgan fingerprint density at radius 1 is 1.13 bits per heavy atom. The summed E-state index contributed by atoms with van der Waals surface area (Å²) in [5, 5.41) is 28.4. The molecule has 2 aromatic carbocycles. The lowest BCUT2D eigenvalue weighted by Gasteiger charge is -2.47. The number of aromatic amines is 1. The molecule has 38 heavy (non-hydrogen) atoms. The van der Waals surface area contributed by atoms with Gasteiger partial charge in [-0.05, 0) is 66.6 Å². The number of nitrogens with zero attached hydrogens (tertiary/aromatic N) is 5. The quantitative estimate of drug-likeness (QED) is 0.428. The highest BCUT2D eigenvalue weighted by atomic mass is 16.4. The maximum absolute atomic E-state index is 13.7. The smallest absolute Gasteiger partial charge is 0.310 e. The van der Waals surface area contributed by atoms with Crippen LogP contribution in [0, 0.1) is 11.3 Å². The van der Waals surface area contributed by atoms with Crippen molar-refractivity contribution in [3.05, 3.63) is 54.1 Å².